The lowest BCUT2D eigenvalue weighted by Gasteiger charge is -2.43. The van der Waals surface area contributed by atoms with Gasteiger partial charge in [0, 0.05) is 58.0 Å². The number of nitrogens with two attached hydrogens (primary N) is 1. The van der Waals surface area contributed by atoms with Gasteiger partial charge in [-0.05, 0) is 25.5 Å². The molecule has 0 spiro atoms. The van der Waals surface area contributed by atoms with Crippen LogP contribution in [0.15, 0.2) is 42.2 Å². The van der Waals surface area contributed by atoms with E-state index in [2.05, 4.69) is 5.32 Å². The second kappa shape index (κ2) is 10.6. The van der Waals surface area contributed by atoms with E-state index in [1.807, 2.05) is 17.9 Å². The quantitative estimate of drug-likeness (QED) is 0.551. The Morgan fingerprint density at radius 2 is 2.00 bits per heavy atom. The van der Waals surface area contributed by atoms with Crippen LogP contribution < -0.4 is 11.1 Å². The molecule has 35 heavy (non-hydrogen) atoms. The van der Waals surface area contributed by atoms with E-state index in [1.165, 1.54) is 13.5 Å². The molecule has 3 aliphatic heterocycles. The van der Waals surface area contributed by atoms with Gasteiger partial charge in [-0.3, -0.25) is 9.80 Å². The van der Waals surface area contributed by atoms with E-state index in [4.69, 9.17) is 10.5 Å². The molecule has 3 N–H and O–H groups in total. The number of hydrogen-bond acceptors (Lipinski definition) is 6. The lowest BCUT2D eigenvalue weighted by Crippen LogP contribution is -2.60. The number of benzene rings is 1. The molecule has 192 valence electrons. The number of hydrogen-bond donors (Lipinski definition) is 2. The third-order valence-corrected chi connectivity index (χ3v) is 8.66. The predicted molar refractivity (Wildman–Crippen MR) is 131 cm³/mol. The van der Waals surface area contributed by atoms with Gasteiger partial charge in [-0.2, -0.15) is 17.0 Å². The second-order valence-electron chi connectivity index (χ2n) is 8.99. The van der Waals surface area contributed by atoms with Crippen molar-refractivity contribution in [2.75, 3.05) is 51.8 Å². The molecule has 2 amide bonds. The van der Waals surface area contributed by atoms with Gasteiger partial charge in [-0.15, -0.1) is 0 Å². The predicted octanol–water partition coefficient (Wildman–Crippen LogP) is 1.50. The highest BCUT2D eigenvalue weighted by atomic mass is 32.2. The van der Waals surface area contributed by atoms with Crippen LogP contribution in [-0.4, -0.2) is 91.4 Å². The molecule has 10 nitrogen and oxygen atoms in total. The molecule has 4 rings (SSSR count). The fourth-order valence-corrected chi connectivity index (χ4v) is 6.30. The maximum Gasteiger partial charge on any atom is 0.320 e. The van der Waals surface area contributed by atoms with Crippen molar-refractivity contribution in [1.29, 1.82) is 0 Å². The maximum atomic E-state index is 15.5. The number of carbonyl (C=O) groups excluding carboxylic acids is 1. The van der Waals surface area contributed by atoms with Gasteiger partial charge < -0.3 is 15.8 Å². The zero-order valence-corrected chi connectivity index (χ0v) is 20.9. The molecule has 12 heteroatoms. The van der Waals surface area contributed by atoms with Gasteiger partial charge in [0.15, 0.2) is 5.82 Å². The number of anilines is 1. The smallest absolute Gasteiger partial charge is 0.320 e. The van der Waals surface area contributed by atoms with Crippen molar-refractivity contribution >= 4 is 21.9 Å². The fourth-order valence-electron chi connectivity index (χ4n) is 4.58. The summed E-state index contributed by atoms with van der Waals surface area (Å²) in [6, 6.07) is 3.95. The van der Waals surface area contributed by atoms with Gasteiger partial charge in [0.25, 0.3) is 10.2 Å². The van der Waals surface area contributed by atoms with Crippen LogP contribution in [-0.2, 0) is 21.5 Å². The molecule has 2 saturated heterocycles. The van der Waals surface area contributed by atoms with E-state index in [1.54, 1.807) is 37.5 Å². The summed E-state index contributed by atoms with van der Waals surface area (Å²) in [5, 5.41) is 3.00. The number of amides is 2. The molecule has 0 aliphatic carbocycles. The molecule has 1 aromatic carbocycles. The number of nitrogens with zero attached hydrogens (tertiary/aromatic N) is 4. The molecule has 3 heterocycles. The SMILES string of the molecule is COC[C@H]1CN(S(=O)(=O)N2CCC2)CCN1Cc1cccc(NC2=CC=CC(C)N2C(N)=O)c1F. The van der Waals surface area contributed by atoms with Crippen LogP contribution in [0.1, 0.15) is 18.9 Å². The van der Waals surface area contributed by atoms with Crippen molar-refractivity contribution in [1.82, 2.24) is 18.4 Å². The first-order chi connectivity index (χ1) is 16.7. The Labute approximate surface area is 206 Å². The fraction of sp³-hybridized carbons (Fsp3) is 0.522. The Morgan fingerprint density at radius 1 is 1.23 bits per heavy atom. The van der Waals surface area contributed by atoms with Crippen molar-refractivity contribution in [3.63, 3.8) is 0 Å². The van der Waals surface area contributed by atoms with Crippen molar-refractivity contribution in [3.05, 3.63) is 53.6 Å². The summed E-state index contributed by atoms with van der Waals surface area (Å²) in [5.41, 5.74) is 6.21. The van der Waals surface area contributed by atoms with Crippen LogP contribution >= 0.6 is 0 Å². The Bertz CT molecular complexity index is 1110. The van der Waals surface area contributed by atoms with Crippen LogP contribution in [0.2, 0.25) is 0 Å². The van der Waals surface area contributed by atoms with E-state index in [9.17, 15) is 13.2 Å². The monoisotopic (exact) mass is 508 g/mol. The standard InChI is InChI=1S/C23H33FN6O4S/c1-17-6-3-9-21(30(17)23(25)31)26-20-8-4-7-18(22(20)24)14-27-12-13-29(15-19(27)16-34-2)35(32,33)28-10-5-11-28/h3-4,6-9,17,19,26H,5,10-16H2,1-2H3,(H2,25,31)/t17?,19-/m1/s1. The van der Waals surface area contributed by atoms with E-state index >= 15 is 4.39 Å². The molecule has 3 aliphatic rings. The lowest BCUT2D eigenvalue weighted by atomic mass is 10.1. The van der Waals surface area contributed by atoms with Gasteiger partial charge in [-0.25, -0.2) is 9.18 Å². The van der Waals surface area contributed by atoms with Crippen molar-refractivity contribution < 1.29 is 22.3 Å². The number of halogens is 1. The third kappa shape index (κ3) is 5.36. The number of primary amides is 1. The number of carbonyl (C=O) groups is 1. The van der Waals surface area contributed by atoms with Gasteiger partial charge in [0.1, 0.15) is 5.82 Å². The average molecular weight is 509 g/mol. The molecule has 0 bridgehead atoms. The highest BCUT2D eigenvalue weighted by Crippen LogP contribution is 2.26. The van der Waals surface area contributed by atoms with Crippen LogP contribution in [0.3, 0.4) is 0 Å². The molecule has 1 aromatic rings. The first-order valence-corrected chi connectivity index (χ1v) is 13.1. The van der Waals surface area contributed by atoms with Crippen molar-refractivity contribution in [3.8, 4) is 0 Å². The van der Waals surface area contributed by atoms with E-state index in [0.29, 0.717) is 50.7 Å². The molecule has 1 unspecified atom stereocenters. The lowest BCUT2D eigenvalue weighted by molar-refractivity contribution is 0.0425. The highest BCUT2D eigenvalue weighted by Gasteiger charge is 2.38. The summed E-state index contributed by atoms with van der Waals surface area (Å²) in [5.74, 6) is -0.0440. The molecular weight excluding hydrogens is 475 g/mol. The minimum atomic E-state index is -3.47. The number of urea groups is 1. The molecule has 0 saturated carbocycles. The number of ether oxygens (including phenoxy) is 1. The number of nitrogens with one attached hydrogen (secondary N) is 1. The third-order valence-electron chi connectivity index (χ3n) is 6.66. The van der Waals surface area contributed by atoms with Crippen LogP contribution in [0.4, 0.5) is 14.9 Å². The number of rotatable bonds is 8. The number of methoxy groups -OCH3 is 1. The number of piperazine rings is 1. The van der Waals surface area contributed by atoms with Gasteiger partial charge >= 0.3 is 6.03 Å². The minimum absolute atomic E-state index is 0.210. The first kappa shape index (κ1) is 25.6. The maximum absolute atomic E-state index is 15.5. The highest BCUT2D eigenvalue weighted by molar-refractivity contribution is 7.86. The molecule has 2 fully saturated rings. The van der Waals surface area contributed by atoms with Crippen molar-refractivity contribution in [2.45, 2.75) is 32.0 Å². The van der Waals surface area contributed by atoms with E-state index in [0.717, 1.165) is 6.42 Å². The summed E-state index contributed by atoms with van der Waals surface area (Å²) in [6.07, 6.45) is 6.16. The van der Waals surface area contributed by atoms with E-state index in [-0.39, 0.29) is 24.3 Å². The average Bonchev–Trinajstić information content (AvgIpc) is 2.76. The van der Waals surface area contributed by atoms with Gasteiger partial charge in [0.05, 0.1) is 18.3 Å². The molecule has 0 radical (unpaired) electrons. The summed E-state index contributed by atoms with van der Waals surface area (Å²) in [4.78, 5) is 15.3. The normalized spacial score (nSPS) is 24.2. The second-order valence-corrected chi connectivity index (χ2v) is 10.9. The molecule has 2 atom stereocenters. The summed E-state index contributed by atoms with van der Waals surface area (Å²) >= 11 is 0. The summed E-state index contributed by atoms with van der Waals surface area (Å²) in [7, 11) is -1.90. The Morgan fingerprint density at radius 3 is 2.66 bits per heavy atom. The van der Waals surface area contributed by atoms with Crippen LogP contribution in [0.25, 0.3) is 0 Å². The Balaban J connectivity index is 1.49. The molecule has 0 aromatic heterocycles. The summed E-state index contributed by atoms with van der Waals surface area (Å²) in [6.45, 7) is 4.64. The van der Waals surface area contributed by atoms with Crippen LogP contribution in [0.5, 0.6) is 0 Å². The Kier molecular flexibility index (Phi) is 7.77. The van der Waals surface area contributed by atoms with E-state index < -0.39 is 22.1 Å². The topological polar surface area (TPSA) is 111 Å². The Hall–Kier alpha value is -2.51. The zero-order valence-electron chi connectivity index (χ0n) is 20.1. The minimum Gasteiger partial charge on any atom is -0.383 e. The zero-order chi connectivity index (χ0) is 25.2. The molecular formula is C23H33FN6O4S. The van der Waals surface area contributed by atoms with Gasteiger partial charge in [-0.1, -0.05) is 24.3 Å². The van der Waals surface area contributed by atoms with Gasteiger partial charge in [0.2, 0.25) is 0 Å². The first-order valence-electron chi connectivity index (χ1n) is 11.7. The number of allylic oxidation sites excluding steroid dienone is 2. The summed E-state index contributed by atoms with van der Waals surface area (Å²) < 4.78 is 49.6. The van der Waals surface area contributed by atoms with Crippen molar-refractivity contribution in [2.24, 2.45) is 5.73 Å². The largest absolute Gasteiger partial charge is 0.383 e. The van der Waals surface area contributed by atoms with Crippen LogP contribution in [0, 0.1) is 5.82 Å².